The molecule has 72 valence electrons. The van der Waals surface area contributed by atoms with Crippen molar-refractivity contribution >= 4 is 28.3 Å². The van der Waals surface area contributed by atoms with Crippen LogP contribution in [0.3, 0.4) is 0 Å². The second-order valence-corrected chi connectivity index (χ2v) is 4.16. The Morgan fingerprint density at radius 1 is 1.46 bits per heavy atom. The molecule has 2 rings (SSSR count). The number of aryl methyl sites for hydroxylation is 1. The van der Waals surface area contributed by atoms with Crippen LogP contribution in [0.15, 0.2) is 22.7 Å². The zero-order valence-electron chi connectivity index (χ0n) is 7.51. The van der Waals surface area contributed by atoms with Gasteiger partial charge in [-0.3, -0.25) is 0 Å². The molecule has 0 spiro atoms. The zero-order chi connectivity index (χ0) is 8.55. The maximum absolute atomic E-state index is 3.54. The van der Waals surface area contributed by atoms with Crippen molar-refractivity contribution in [3.8, 4) is 0 Å². The Labute approximate surface area is 93.5 Å². The Bertz CT molecular complexity index is 297. The quantitative estimate of drug-likeness (QED) is 0.819. The number of rotatable bonds is 1. The molecule has 0 aliphatic carbocycles. The minimum absolute atomic E-state index is 0. The summed E-state index contributed by atoms with van der Waals surface area (Å²) in [6, 6.07) is 7.18. The molecule has 13 heavy (non-hydrogen) atoms. The van der Waals surface area contributed by atoms with Crippen molar-refractivity contribution < 1.29 is 0 Å². The van der Waals surface area contributed by atoms with E-state index in [0.29, 0.717) is 6.04 Å². The van der Waals surface area contributed by atoms with Gasteiger partial charge in [-0.05, 0) is 37.1 Å². The molecular formula is C10H13BrClN. The predicted molar refractivity (Wildman–Crippen MR) is 61.5 cm³/mol. The van der Waals surface area contributed by atoms with Gasteiger partial charge in [0.05, 0.1) is 0 Å². The highest BCUT2D eigenvalue weighted by Crippen LogP contribution is 2.26. The van der Waals surface area contributed by atoms with Crippen LogP contribution in [0.2, 0.25) is 0 Å². The third-order valence-corrected chi connectivity index (χ3v) is 3.28. The van der Waals surface area contributed by atoms with Gasteiger partial charge in [0.2, 0.25) is 0 Å². The van der Waals surface area contributed by atoms with Crippen LogP contribution in [0.1, 0.15) is 23.6 Å². The Balaban J connectivity index is 0.000000845. The molecule has 0 radical (unpaired) electrons. The maximum atomic E-state index is 3.54. The summed E-state index contributed by atoms with van der Waals surface area (Å²) in [6.07, 6.45) is 1.27. The van der Waals surface area contributed by atoms with Crippen LogP contribution >= 0.6 is 28.3 Å². The highest BCUT2D eigenvalue weighted by molar-refractivity contribution is 9.10. The number of halogens is 2. The third kappa shape index (κ3) is 2.25. The fraction of sp³-hybridized carbons (Fsp3) is 0.400. The van der Waals surface area contributed by atoms with Gasteiger partial charge in [0.15, 0.2) is 0 Å². The lowest BCUT2D eigenvalue weighted by Crippen LogP contribution is -2.34. The standard InChI is InChI=1S/C10H12BrN.ClH/c1-7-2-3-8(6-9(7)11)10-4-5-12-10;/h2-3,6,10,12H,4-5H2,1H3;1H/t10-;/m0./s1. The van der Waals surface area contributed by atoms with E-state index in [4.69, 9.17) is 0 Å². The van der Waals surface area contributed by atoms with Gasteiger partial charge in [-0.1, -0.05) is 28.1 Å². The van der Waals surface area contributed by atoms with Crippen LogP contribution in [-0.4, -0.2) is 6.54 Å². The predicted octanol–water partition coefficient (Wildman–Crippen LogP) is 3.21. The van der Waals surface area contributed by atoms with Gasteiger partial charge in [-0.25, -0.2) is 0 Å². The summed E-state index contributed by atoms with van der Waals surface area (Å²) < 4.78 is 1.22. The van der Waals surface area contributed by atoms with Crippen LogP contribution in [0.4, 0.5) is 0 Å². The van der Waals surface area contributed by atoms with Gasteiger partial charge in [0.1, 0.15) is 0 Å². The zero-order valence-corrected chi connectivity index (χ0v) is 9.91. The molecule has 1 N–H and O–H groups in total. The number of hydrogen-bond donors (Lipinski definition) is 1. The maximum Gasteiger partial charge on any atom is 0.0332 e. The first-order valence-corrected chi connectivity index (χ1v) is 5.06. The topological polar surface area (TPSA) is 12.0 Å². The van der Waals surface area contributed by atoms with Gasteiger partial charge in [-0.15, -0.1) is 12.4 Å². The molecule has 1 aliphatic heterocycles. The van der Waals surface area contributed by atoms with E-state index in [-0.39, 0.29) is 12.4 Å². The smallest absolute Gasteiger partial charge is 0.0332 e. The molecule has 1 fully saturated rings. The minimum atomic E-state index is 0. The first kappa shape index (κ1) is 11.0. The average Bonchev–Trinajstić information content (AvgIpc) is 1.93. The molecular weight excluding hydrogens is 249 g/mol. The summed E-state index contributed by atoms with van der Waals surface area (Å²) in [5, 5.41) is 3.39. The Morgan fingerprint density at radius 3 is 2.62 bits per heavy atom. The van der Waals surface area contributed by atoms with Crippen molar-refractivity contribution in [2.75, 3.05) is 6.54 Å². The SMILES string of the molecule is Cc1ccc([C@@H]2CCN2)cc1Br.Cl. The number of nitrogens with one attached hydrogen (secondary N) is 1. The monoisotopic (exact) mass is 261 g/mol. The van der Waals surface area contributed by atoms with Crippen molar-refractivity contribution in [3.05, 3.63) is 33.8 Å². The summed E-state index contributed by atoms with van der Waals surface area (Å²) >= 11 is 3.54. The molecule has 1 aromatic rings. The second kappa shape index (κ2) is 4.45. The Morgan fingerprint density at radius 2 is 2.15 bits per heavy atom. The molecule has 0 bridgehead atoms. The molecule has 1 nitrogen and oxygen atoms in total. The van der Waals surface area contributed by atoms with Crippen LogP contribution in [-0.2, 0) is 0 Å². The van der Waals surface area contributed by atoms with Crippen molar-refractivity contribution in [2.24, 2.45) is 0 Å². The molecule has 1 heterocycles. The normalized spacial score (nSPS) is 20.3. The van der Waals surface area contributed by atoms with E-state index in [0.717, 1.165) is 6.54 Å². The van der Waals surface area contributed by atoms with E-state index < -0.39 is 0 Å². The van der Waals surface area contributed by atoms with Gasteiger partial charge < -0.3 is 5.32 Å². The van der Waals surface area contributed by atoms with E-state index in [1.807, 2.05) is 0 Å². The molecule has 0 aromatic heterocycles. The largest absolute Gasteiger partial charge is 0.310 e. The molecule has 1 aromatic carbocycles. The molecule has 1 atom stereocenters. The van der Waals surface area contributed by atoms with Gasteiger partial charge in [-0.2, -0.15) is 0 Å². The van der Waals surface area contributed by atoms with Crippen molar-refractivity contribution in [1.82, 2.24) is 5.32 Å². The third-order valence-electron chi connectivity index (χ3n) is 2.42. The highest BCUT2D eigenvalue weighted by atomic mass is 79.9. The summed E-state index contributed by atoms with van der Waals surface area (Å²) in [7, 11) is 0. The lowest BCUT2D eigenvalue weighted by Gasteiger charge is -2.28. The van der Waals surface area contributed by atoms with E-state index in [1.54, 1.807) is 0 Å². The van der Waals surface area contributed by atoms with Crippen molar-refractivity contribution in [1.29, 1.82) is 0 Å². The first-order valence-electron chi connectivity index (χ1n) is 4.27. The lowest BCUT2D eigenvalue weighted by molar-refractivity contribution is 0.383. The average molecular weight is 263 g/mol. The lowest BCUT2D eigenvalue weighted by atomic mass is 9.97. The number of benzene rings is 1. The minimum Gasteiger partial charge on any atom is -0.310 e. The second-order valence-electron chi connectivity index (χ2n) is 3.30. The van der Waals surface area contributed by atoms with Crippen LogP contribution in [0, 0.1) is 6.92 Å². The van der Waals surface area contributed by atoms with Gasteiger partial charge >= 0.3 is 0 Å². The summed E-state index contributed by atoms with van der Waals surface area (Å²) in [4.78, 5) is 0. The van der Waals surface area contributed by atoms with E-state index >= 15 is 0 Å². The van der Waals surface area contributed by atoms with Gasteiger partial charge in [0.25, 0.3) is 0 Å². The fourth-order valence-corrected chi connectivity index (χ4v) is 1.80. The summed E-state index contributed by atoms with van der Waals surface area (Å²) in [5.74, 6) is 0. The van der Waals surface area contributed by atoms with E-state index in [9.17, 15) is 0 Å². The van der Waals surface area contributed by atoms with E-state index in [2.05, 4.69) is 46.4 Å². The van der Waals surface area contributed by atoms with E-state index in [1.165, 1.54) is 22.0 Å². The van der Waals surface area contributed by atoms with Gasteiger partial charge in [0, 0.05) is 10.5 Å². The molecule has 0 saturated carbocycles. The highest BCUT2D eigenvalue weighted by Gasteiger charge is 2.18. The van der Waals surface area contributed by atoms with Crippen LogP contribution in [0.25, 0.3) is 0 Å². The Hall–Kier alpha value is -0.0500. The Kier molecular flexibility index (Phi) is 3.77. The van der Waals surface area contributed by atoms with Crippen LogP contribution < -0.4 is 5.32 Å². The van der Waals surface area contributed by atoms with Crippen LogP contribution in [0.5, 0.6) is 0 Å². The fourth-order valence-electron chi connectivity index (χ4n) is 1.40. The summed E-state index contributed by atoms with van der Waals surface area (Å²) in [5.41, 5.74) is 2.71. The molecule has 1 saturated heterocycles. The summed E-state index contributed by atoms with van der Waals surface area (Å²) in [6.45, 7) is 3.28. The van der Waals surface area contributed by atoms with Crippen molar-refractivity contribution in [2.45, 2.75) is 19.4 Å². The molecule has 3 heteroatoms. The molecule has 0 amide bonds. The molecule has 1 aliphatic rings. The van der Waals surface area contributed by atoms with Crippen molar-refractivity contribution in [3.63, 3.8) is 0 Å². The number of hydrogen-bond acceptors (Lipinski definition) is 1. The molecule has 0 unspecified atom stereocenters. The first-order chi connectivity index (χ1) is 5.77.